The molecule has 1 aliphatic rings. The van der Waals surface area contributed by atoms with Crippen LogP contribution in [-0.2, 0) is 7.05 Å². The second kappa shape index (κ2) is 7.81. The fourth-order valence-electron chi connectivity index (χ4n) is 4.04. The first-order valence-electron chi connectivity index (χ1n) is 10.1. The van der Waals surface area contributed by atoms with Gasteiger partial charge in [0.1, 0.15) is 23.9 Å². The van der Waals surface area contributed by atoms with Crippen LogP contribution in [0.1, 0.15) is 24.4 Å². The Hall–Kier alpha value is -3.77. The summed E-state index contributed by atoms with van der Waals surface area (Å²) in [6.07, 6.45) is 8.89. The number of nitrogens with zero attached hydrogens (tertiary/aromatic N) is 6. The van der Waals surface area contributed by atoms with Crippen molar-refractivity contribution >= 4 is 11.0 Å². The molecule has 9 heteroatoms. The number of nitriles is 1. The zero-order chi connectivity index (χ0) is 21.4. The van der Waals surface area contributed by atoms with Gasteiger partial charge in [-0.25, -0.2) is 14.4 Å². The van der Waals surface area contributed by atoms with E-state index in [0.717, 1.165) is 37.1 Å². The molecule has 1 aromatic carbocycles. The number of benzene rings is 1. The van der Waals surface area contributed by atoms with E-state index in [1.54, 1.807) is 30.2 Å². The van der Waals surface area contributed by atoms with E-state index in [0.29, 0.717) is 22.6 Å². The van der Waals surface area contributed by atoms with Crippen LogP contribution < -0.4 is 10.1 Å². The second-order valence-electron chi connectivity index (χ2n) is 7.59. The van der Waals surface area contributed by atoms with Crippen LogP contribution in [0.5, 0.6) is 11.6 Å². The Balaban J connectivity index is 1.70. The maximum Gasteiger partial charge on any atom is 0.232 e. The summed E-state index contributed by atoms with van der Waals surface area (Å²) in [7, 11) is 1.81. The third kappa shape index (κ3) is 3.51. The summed E-state index contributed by atoms with van der Waals surface area (Å²) < 4.78 is 24.2. The first-order chi connectivity index (χ1) is 15.1. The number of hydrogen-bond donors (Lipinski definition) is 1. The van der Waals surface area contributed by atoms with E-state index in [9.17, 15) is 4.39 Å². The highest BCUT2D eigenvalue weighted by molar-refractivity contribution is 5.98. The van der Waals surface area contributed by atoms with Crippen molar-refractivity contribution in [2.75, 3.05) is 13.1 Å². The van der Waals surface area contributed by atoms with Gasteiger partial charge >= 0.3 is 0 Å². The van der Waals surface area contributed by atoms with E-state index in [1.807, 2.05) is 12.3 Å². The van der Waals surface area contributed by atoms with E-state index >= 15 is 0 Å². The predicted molar refractivity (Wildman–Crippen MR) is 112 cm³/mol. The molecule has 8 nitrogen and oxygen atoms in total. The summed E-state index contributed by atoms with van der Waals surface area (Å²) >= 11 is 0. The predicted octanol–water partition coefficient (Wildman–Crippen LogP) is 3.56. The minimum Gasteiger partial charge on any atom is -0.435 e. The molecule has 4 heterocycles. The Bertz CT molecular complexity index is 1300. The van der Waals surface area contributed by atoms with Crippen molar-refractivity contribution in [2.45, 2.75) is 18.9 Å². The van der Waals surface area contributed by atoms with E-state index in [2.05, 4.69) is 25.0 Å². The normalized spacial score (nSPS) is 16.4. The van der Waals surface area contributed by atoms with Crippen molar-refractivity contribution in [3.05, 3.63) is 54.5 Å². The monoisotopic (exact) mass is 417 g/mol. The number of hydrogen-bond acceptors (Lipinski definition) is 6. The average Bonchev–Trinajstić information content (AvgIpc) is 3.38. The molecule has 0 spiro atoms. The van der Waals surface area contributed by atoms with Crippen LogP contribution in [0.4, 0.5) is 4.39 Å². The highest BCUT2D eigenvalue weighted by Gasteiger charge is 2.24. The lowest BCUT2D eigenvalue weighted by Crippen LogP contribution is -2.31. The molecule has 0 radical (unpaired) electrons. The lowest BCUT2D eigenvalue weighted by Gasteiger charge is -2.24. The van der Waals surface area contributed by atoms with E-state index in [4.69, 9.17) is 10.00 Å². The van der Waals surface area contributed by atoms with E-state index in [1.165, 1.54) is 18.5 Å². The second-order valence-corrected chi connectivity index (χ2v) is 7.59. The van der Waals surface area contributed by atoms with Crippen LogP contribution in [0.25, 0.3) is 22.2 Å². The SMILES string of the molecule is Cn1cc(Oc2ncnc3c2c(-c2ccc(C#N)c(F)c2)cn3C2CCCNC2)cn1. The van der Waals surface area contributed by atoms with Gasteiger partial charge in [-0.1, -0.05) is 6.07 Å². The molecule has 4 aromatic rings. The summed E-state index contributed by atoms with van der Waals surface area (Å²) in [6, 6.07) is 6.68. The first kappa shape index (κ1) is 19.2. The fraction of sp³-hybridized carbons (Fsp3) is 0.273. The van der Waals surface area contributed by atoms with Crippen LogP contribution in [-0.4, -0.2) is 37.4 Å². The van der Waals surface area contributed by atoms with Gasteiger partial charge < -0.3 is 14.6 Å². The average molecular weight is 417 g/mol. The number of nitrogens with one attached hydrogen (secondary N) is 1. The summed E-state index contributed by atoms with van der Waals surface area (Å²) in [5.41, 5.74) is 2.12. The number of halogens is 1. The number of fused-ring (bicyclic) bond motifs is 1. The standard InChI is InChI=1S/C22H20FN7O/c1-29-11-17(10-28-29)31-22-20-18(14-4-5-15(8-24)19(23)7-14)12-30(21(20)26-13-27-22)16-3-2-6-25-9-16/h4-5,7,10-13,16,25H,2-3,6,9H2,1H3. The van der Waals surface area contributed by atoms with Gasteiger partial charge in [0.25, 0.3) is 0 Å². The summed E-state index contributed by atoms with van der Waals surface area (Å²) in [4.78, 5) is 8.91. The fourth-order valence-corrected chi connectivity index (χ4v) is 4.04. The third-order valence-corrected chi connectivity index (χ3v) is 5.54. The summed E-state index contributed by atoms with van der Waals surface area (Å²) in [5.74, 6) is 0.360. The summed E-state index contributed by atoms with van der Waals surface area (Å²) in [6.45, 7) is 1.82. The minimum atomic E-state index is -0.563. The van der Waals surface area contributed by atoms with Gasteiger partial charge in [0.15, 0.2) is 5.75 Å². The molecule has 1 saturated heterocycles. The Kier molecular flexibility index (Phi) is 4.84. The van der Waals surface area contributed by atoms with Crippen molar-refractivity contribution in [1.82, 2.24) is 29.6 Å². The molecule has 0 amide bonds. The van der Waals surface area contributed by atoms with Crippen molar-refractivity contribution in [3.8, 4) is 28.8 Å². The topological polar surface area (TPSA) is 93.6 Å². The van der Waals surface area contributed by atoms with Gasteiger partial charge in [0.05, 0.1) is 23.3 Å². The van der Waals surface area contributed by atoms with Gasteiger partial charge in [-0.15, -0.1) is 0 Å². The molecule has 0 aliphatic carbocycles. The first-order valence-corrected chi connectivity index (χ1v) is 10.1. The Labute approximate surface area is 177 Å². The maximum atomic E-state index is 14.4. The molecule has 0 saturated carbocycles. The number of aromatic nitrogens is 5. The van der Waals surface area contributed by atoms with Crippen LogP contribution >= 0.6 is 0 Å². The van der Waals surface area contributed by atoms with Crippen LogP contribution in [0.15, 0.2) is 43.1 Å². The molecule has 156 valence electrons. The quantitative estimate of drug-likeness (QED) is 0.546. The van der Waals surface area contributed by atoms with Crippen LogP contribution in [0.2, 0.25) is 0 Å². The zero-order valence-corrected chi connectivity index (χ0v) is 16.9. The van der Waals surface area contributed by atoms with Crippen LogP contribution in [0, 0.1) is 17.1 Å². The number of rotatable bonds is 4. The lowest BCUT2D eigenvalue weighted by molar-refractivity contribution is 0.378. The molecular formula is C22H20FN7O. The number of piperidine rings is 1. The molecule has 1 N–H and O–H groups in total. The Morgan fingerprint density at radius 1 is 1.29 bits per heavy atom. The molecule has 31 heavy (non-hydrogen) atoms. The molecular weight excluding hydrogens is 397 g/mol. The third-order valence-electron chi connectivity index (χ3n) is 5.54. The lowest BCUT2D eigenvalue weighted by atomic mass is 10.0. The summed E-state index contributed by atoms with van der Waals surface area (Å²) in [5, 5.41) is 17.3. The van der Waals surface area contributed by atoms with Crippen molar-refractivity contribution in [3.63, 3.8) is 0 Å². The molecule has 0 bridgehead atoms. The smallest absolute Gasteiger partial charge is 0.232 e. The highest BCUT2D eigenvalue weighted by atomic mass is 19.1. The Morgan fingerprint density at radius 3 is 2.90 bits per heavy atom. The number of aryl methyl sites for hydroxylation is 1. The largest absolute Gasteiger partial charge is 0.435 e. The van der Waals surface area contributed by atoms with Gasteiger partial charge in [0, 0.05) is 31.4 Å². The van der Waals surface area contributed by atoms with Gasteiger partial charge in [-0.2, -0.15) is 10.4 Å². The van der Waals surface area contributed by atoms with E-state index < -0.39 is 5.82 Å². The maximum absolute atomic E-state index is 14.4. The Morgan fingerprint density at radius 2 is 2.19 bits per heavy atom. The molecule has 5 rings (SSSR count). The van der Waals surface area contributed by atoms with Crippen molar-refractivity contribution in [1.29, 1.82) is 5.26 Å². The van der Waals surface area contributed by atoms with Gasteiger partial charge in [-0.3, -0.25) is 4.68 Å². The van der Waals surface area contributed by atoms with Crippen LogP contribution in [0.3, 0.4) is 0 Å². The molecule has 1 unspecified atom stereocenters. The van der Waals surface area contributed by atoms with Crippen molar-refractivity contribution < 1.29 is 9.13 Å². The van der Waals surface area contributed by atoms with Gasteiger partial charge in [0.2, 0.25) is 5.88 Å². The molecule has 1 atom stereocenters. The number of ether oxygens (including phenoxy) is 1. The molecule has 1 aliphatic heterocycles. The minimum absolute atomic E-state index is 0.00653. The van der Waals surface area contributed by atoms with Gasteiger partial charge in [-0.05, 0) is 37.1 Å². The highest BCUT2D eigenvalue weighted by Crippen LogP contribution is 2.39. The van der Waals surface area contributed by atoms with Crippen molar-refractivity contribution in [2.24, 2.45) is 7.05 Å². The van der Waals surface area contributed by atoms with E-state index in [-0.39, 0.29) is 11.6 Å². The molecule has 3 aromatic heterocycles. The zero-order valence-electron chi connectivity index (χ0n) is 16.9. The molecule has 1 fully saturated rings.